The Balaban J connectivity index is 2.36. The first kappa shape index (κ1) is 21.8. The van der Waals surface area contributed by atoms with Crippen LogP contribution in [0.2, 0.25) is 19.6 Å². The zero-order valence-corrected chi connectivity index (χ0v) is 17.8. The highest BCUT2D eigenvalue weighted by molar-refractivity contribution is 6.78. The Morgan fingerprint density at radius 1 is 0.926 bits per heavy atom. The van der Waals surface area contributed by atoms with Gasteiger partial charge in [0.1, 0.15) is 20.8 Å². The summed E-state index contributed by atoms with van der Waals surface area (Å²) in [6.45, 7) is 11.6. The summed E-state index contributed by atoms with van der Waals surface area (Å²) in [6.07, 6.45) is -4.44. The lowest BCUT2D eigenvalue weighted by Gasteiger charge is -2.40. The zero-order chi connectivity index (χ0) is 20.6. The van der Waals surface area contributed by atoms with Crippen molar-refractivity contribution in [1.29, 1.82) is 0 Å². The molecule has 0 aliphatic carbocycles. The standard InChI is InChI=1S/C17H28O9Si/c1-9(18)21-8-12-13(22-10(2)19)14(23-11(3)20)15-16(24-12)26-17(4,25-15)27(5,6)7/h12-16H,8H2,1-7H3/t12-,13-,14+,15-,16+,17?/m1/s1. The van der Waals surface area contributed by atoms with Gasteiger partial charge in [-0.1, -0.05) is 19.6 Å². The van der Waals surface area contributed by atoms with Gasteiger partial charge in [0.05, 0.1) is 0 Å². The van der Waals surface area contributed by atoms with E-state index in [9.17, 15) is 14.4 Å². The van der Waals surface area contributed by atoms with Crippen LogP contribution in [-0.2, 0) is 42.8 Å². The molecule has 2 saturated heterocycles. The maximum Gasteiger partial charge on any atom is 0.303 e. The molecule has 9 nitrogen and oxygen atoms in total. The Hall–Kier alpha value is -1.49. The molecule has 2 aliphatic rings. The minimum absolute atomic E-state index is 0.179. The first-order valence-corrected chi connectivity index (χ1v) is 12.3. The second kappa shape index (κ2) is 7.86. The molecule has 27 heavy (non-hydrogen) atoms. The van der Waals surface area contributed by atoms with Crippen LogP contribution in [0.15, 0.2) is 0 Å². The van der Waals surface area contributed by atoms with E-state index in [4.69, 9.17) is 28.4 Å². The van der Waals surface area contributed by atoms with Gasteiger partial charge in [-0.05, 0) is 6.92 Å². The third-order valence-corrected chi connectivity index (χ3v) is 7.67. The van der Waals surface area contributed by atoms with Crippen molar-refractivity contribution in [2.75, 3.05) is 6.61 Å². The molecule has 0 saturated carbocycles. The lowest BCUT2D eigenvalue weighted by atomic mass is 9.98. The number of ether oxygens (including phenoxy) is 6. The van der Waals surface area contributed by atoms with E-state index >= 15 is 0 Å². The number of carbonyl (C=O) groups excluding carboxylic acids is 3. The normalized spacial score (nSPS) is 35.9. The highest BCUT2D eigenvalue weighted by Gasteiger charge is 2.61. The van der Waals surface area contributed by atoms with Gasteiger partial charge < -0.3 is 28.4 Å². The molecular weight excluding hydrogens is 376 g/mol. The van der Waals surface area contributed by atoms with Crippen molar-refractivity contribution in [3.63, 3.8) is 0 Å². The molecule has 0 aromatic heterocycles. The fraction of sp³-hybridized carbons (Fsp3) is 0.824. The molecule has 0 aromatic rings. The zero-order valence-electron chi connectivity index (χ0n) is 16.8. The summed E-state index contributed by atoms with van der Waals surface area (Å²) in [5, 5.41) is 0. The summed E-state index contributed by atoms with van der Waals surface area (Å²) < 4.78 is 33.9. The first-order chi connectivity index (χ1) is 12.3. The molecular formula is C17H28O9Si. The van der Waals surface area contributed by atoms with Crippen LogP contribution in [0.3, 0.4) is 0 Å². The number of esters is 3. The van der Waals surface area contributed by atoms with Crippen LogP contribution in [0.4, 0.5) is 0 Å². The van der Waals surface area contributed by atoms with Gasteiger partial charge in [-0.25, -0.2) is 0 Å². The van der Waals surface area contributed by atoms with E-state index < -0.39 is 62.1 Å². The lowest BCUT2D eigenvalue weighted by molar-refractivity contribution is -0.265. The Morgan fingerprint density at radius 3 is 1.96 bits per heavy atom. The van der Waals surface area contributed by atoms with Gasteiger partial charge in [0.2, 0.25) is 0 Å². The second-order valence-electron chi connectivity index (χ2n) is 7.89. The number of hydrogen-bond acceptors (Lipinski definition) is 9. The SMILES string of the molecule is CC(=O)OC[C@H]1O[C@H]2OC(C)([Si](C)(C)C)O[C@@H]2[C@@H](OC(C)=O)[C@@H]1OC(C)=O. The highest BCUT2D eigenvalue weighted by Crippen LogP contribution is 2.42. The smallest absolute Gasteiger partial charge is 0.303 e. The van der Waals surface area contributed by atoms with E-state index in [1.165, 1.54) is 20.8 Å². The van der Waals surface area contributed by atoms with Crippen molar-refractivity contribution in [3.8, 4) is 0 Å². The van der Waals surface area contributed by atoms with Crippen LogP contribution in [0, 0.1) is 0 Å². The van der Waals surface area contributed by atoms with Crippen LogP contribution in [0.25, 0.3) is 0 Å². The van der Waals surface area contributed by atoms with Crippen molar-refractivity contribution in [3.05, 3.63) is 0 Å². The van der Waals surface area contributed by atoms with E-state index in [1.54, 1.807) is 0 Å². The van der Waals surface area contributed by atoms with Gasteiger partial charge in [0.15, 0.2) is 30.0 Å². The van der Waals surface area contributed by atoms with Crippen molar-refractivity contribution in [1.82, 2.24) is 0 Å². The number of hydrogen-bond donors (Lipinski definition) is 0. The number of rotatable bonds is 5. The average Bonchev–Trinajstić information content (AvgIpc) is 2.84. The minimum atomic E-state index is -1.98. The van der Waals surface area contributed by atoms with Gasteiger partial charge in [-0.15, -0.1) is 0 Å². The molecule has 2 heterocycles. The summed E-state index contributed by atoms with van der Waals surface area (Å²) in [7, 11) is -1.98. The summed E-state index contributed by atoms with van der Waals surface area (Å²) in [5.41, 5.74) is -0.891. The van der Waals surface area contributed by atoms with Gasteiger partial charge in [0.25, 0.3) is 0 Å². The molecule has 0 N–H and O–H groups in total. The maximum atomic E-state index is 11.7. The molecule has 6 atom stereocenters. The van der Waals surface area contributed by atoms with Crippen LogP contribution in [0.5, 0.6) is 0 Å². The molecule has 1 unspecified atom stereocenters. The molecule has 0 bridgehead atoms. The summed E-state index contributed by atoms with van der Waals surface area (Å²) in [5.74, 6) is -1.66. The Morgan fingerprint density at radius 2 is 1.48 bits per heavy atom. The van der Waals surface area contributed by atoms with Crippen molar-refractivity contribution >= 4 is 26.0 Å². The molecule has 2 fully saturated rings. The molecule has 0 radical (unpaired) electrons. The van der Waals surface area contributed by atoms with Crippen molar-refractivity contribution in [2.24, 2.45) is 0 Å². The van der Waals surface area contributed by atoms with Gasteiger partial charge >= 0.3 is 17.9 Å². The van der Waals surface area contributed by atoms with Crippen LogP contribution in [0.1, 0.15) is 27.7 Å². The predicted molar refractivity (Wildman–Crippen MR) is 94.1 cm³/mol. The van der Waals surface area contributed by atoms with Gasteiger partial charge in [-0.3, -0.25) is 14.4 Å². The van der Waals surface area contributed by atoms with Gasteiger partial charge in [0, 0.05) is 20.8 Å². The van der Waals surface area contributed by atoms with E-state index in [-0.39, 0.29) is 6.61 Å². The third-order valence-electron chi connectivity index (χ3n) is 4.71. The van der Waals surface area contributed by atoms with Crippen LogP contribution < -0.4 is 0 Å². The Bertz CT molecular complexity index is 602. The maximum absolute atomic E-state index is 11.7. The monoisotopic (exact) mass is 404 g/mol. The third kappa shape index (κ3) is 4.87. The van der Waals surface area contributed by atoms with Gasteiger partial charge in [-0.2, -0.15) is 0 Å². The molecule has 10 heteroatoms. The minimum Gasteiger partial charge on any atom is -0.463 e. The summed E-state index contributed by atoms with van der Waals surface area (Å²) >= 11 is 0. The summed E-state index contributed by atoms with van der Waals surface area (Å²) in [6, 6.07) is 0. The van der Waals surface area contributed by atoms with E-state index in [1.807, 2.05) is 6.92 Å². The molecule has 2 rings (SSSR count). The average molecular weight is 404 g/mol. The fourth-order valence-corrected chi connectivity index (χ4v) is 3.91. The molecule has 2 aliphatic heterocycles. The van der Waals surface area contributed by atoms with E-state index in [2.05, 4.69) is 19.6 Å². The van der Waals surface area contributed by atoms with Crippen LogP contribution >= 0.6 is 0 Å². The topological polar surface area (TPSA) is 107 Å². The Labute approximate surface area is 159 Å². The molecule has 0 aromatic carbocycles. The first-order valence-electron chi connectivity index (χ1n) is 8.83. The predicted octanol–water partition coefficient (Wildman–Crippen LogP) is 1.15. The Kier molecular flexibility index (Phi) is 6.35. The van der Waals surface area contributed by atoms with E-state index in [0.29, 0.717) is 0 Å². The largest absolute Gasteiger partial charge is 0.463 e. The molecule has 0 amide bonds. The quantitative estimate of drug-likeness (QED) is 0.379. The van der Waals surface area contributed by atoms with Crippen LogP contribution in [-0.4, -0.2) is 68.7 Å². The fourth-order valence-electron chi connectivity index (χ4n) is 2.95. The molecule has 154 valence electrons. The van der Waals surface area contributed by atoms with Crippen molar-refractivity contribution < 1.29 is 42.8 Å². The summed E-state index contributed by atoms with van der Waals surface area (Å²) in [4.78, 5) is 34.5. The number of carbonyl (C=O) groups is 3. The highest BCUT2D eigenvalue weighted by atomic mass is 28.3. The second-order valence-corrected chi connectivity index (χ2v) is 13.3. The van der Waals surface area contributed by atoms with Crippen molar-refractivity contribution in [2.45, 2.75) is 83.5 Å². The van der Waals surface area contributed by atoms with E-state index in [0.717, 1.165) is 0 Å². The lowest BCUT2D eigenvalue weighted by Crippen LogP contribution is -2.60. The molecule has 0 spiro atoms. The number of fused-ring (bicyclic) bond motifs is 1.